The Morgan fingerprint density at radius 1 is 1.25 bits per heavy atom. The second-order valence-corrected chi connectivity index (χ2v) is 6.67. The van der Waals surface area contributed by atoms with Crippen molar-refractivity contribution >= 4 is 34.4 Å². The molecule has 0 unspecified atom stereocenters. The van der Waals surface area contributed by atoms with Gasteiger partial charge in [-0.1, -0.05) is 36.9 Å². The van der Waals surface area contributed by atoms with Gasteiger partial charge in [0.1, 0.15) is 11.2 Å². The van der Waals surface area contributed by atoms with E-state index in [2.05, 4.69) is 10.3 Å². The molecule has 0 saturated heterocycles. The highest BCUT2D eigenvalue weighted by Crippen LogP contribution is 2.30. The van der Waals surface area contributed by atoms with Gasteiger partial charge < -0.3 is 15.0 Å². The number of carbonyl (C=O) groups excluding carboxylic acids is 2. The van der Waals surface area contributed by atoms with Crippen molar-refractivity contribution in [3.8, 4) is 0 Å². The highest BCUT2D eigenvalue weighted by Gasteiger charge is 2.42. The fourth-order valence-electron chi connectivity index (χ4n) is 3.31. The van der Waals surface area contributed by atoms with Crippen LogP contribution in [0.1, 0.15) is 49.5 Å². The summed E-state index contributed by atoms with van der Waals surface area (Å²) in [7, 11) is 0. The summed E-state index contributed by atoms with van der Waals surface area (Å²) in [6.07, 6.45) is 4.11. The third-order valence-corrected chi connectivity index (χ3v) is 4.79. The fourth-order valence-corrected chi connectivity index (χ4v) is 3.48. The highest BCUT2D eigenvalue weighted by molar-refractivity contribution is 6.31. The SMILES string of the molecule is CCOC(=O)C1(NC(=O)c2cc3ccc(Cl)cc3[nH]2)CCCCC1. The van der Waals surface area contributed by atoms with Crippen molar-refractivity contribution < 1.29 is 14.3 Å². The van der Waals surface area contributed by atoms with Gasteiger partial charge in [-0.2, -0.15) is 0 Å². The minimum atomic E-state index is -0.916. The second-order valence-electron chi connectivity index (χ2n) is 6.23. The summed E-state index contributed by atoms with van der Waals surface area (Å²) in [5, 5.41) is 4.44. The molecule has 2 N–H and O–H groups in total. The number of aromatic amines is 1. The first-order valence-electron chi connectivity index (χ1n) is 8.32. The highest BCUT2D eigenvalue weighted by atomic mass is 35.5. The van der Waals surface area contributed by atoms with Gasteiger partial charge >= 0.3 is 5.97 Å². The van der Waals surface area contributed by atoms with Crippen LogP contribution in [0, 0.1) is 0 Å². The monoisotopic (exact) mass is 348 g/mol. The maximum atomic E-state index is 12.7. The summed E-state index contributed by atoms with van der Waals surface area (Å²) in [6, 6.07) is 7.17. The molecule has 1 heterocycles. The predicted molar refractivity (Wildman–Crippen MR) is 93.2 cm³/mol. The zero-order valence-electron chi connectivity index (χ0n) is 13.7. The Kier molecular flexibility index (Phi) is 4.81. The van der Waals surface area contributed by atoms with Crippen molar-refractivity contribution in [2.75, 3.05) is 6.61 Å². The molecule has 24 heavy (non-hydrogen) atoms. The molecule has 5 nitrogen and oxygen atoms in total. The molecule has 2 aromatic rings. The number of hydrogen-bond donors (Lipinski definition) is 2. The summed E-state index contributed by atoms with van der Waals surface area (Å²) >= 11 is 5.98. The quantitative estimate of drug-likeness (QED) is 0.825. The number of carbonyl (C=O) groups is 2. The van der Waals surface area contributed by atoms with Gasteiger partial charge in [0.05, 0.1) is 6.61 Å². The van der Waals surface area contributed by atoms with Crippen molar-refractivity contribution in [1.82, 2.24) is 10.3 Å². The Morgan fingerprint density at radius 3 is 2.71 bits per heavy atom. The van der Waals surface area contributed by atoms with Crippen LogP contribution in [0.25, 0.3) is 10.9 Å². The molecule has 6 heteroatoms. The average molecular weight is 349 g/mol. The molecule has 128 valence electrons. The van der Waals surface area contributed by atoms with E-state index >= 15 is 0 Å². The van der Waals surface area contributed by atoms with Crippen LogP contribution in [-0.2, 0) is 9.53 Å². The van der Waals surface area contributed by atoms with Crippen molar-refractivity contribution in [3.05, 3.63) is 35.0 Å². The van der Waals surface area contributed by atoms with E-state index in [1.54, 1.807) is 25.1 Å². The predicted octanol–water partition coefficient (Wildman–Crippen LogP) is 3.82. The van der Waals surface area contributed by atoms with Crippen LogP contribution in [0.3, 0.4) is 0 Å². The molecule has 1 aliphatic rings. The minimum absolute atomic E-state index is 0.294. The Balaban J connectivity index is 1.85. The lowest BCUT2D eigenvalue weighted by atomic mass is 9.81. The number of hydrogen-bond acceptors (Lipinski definition) is 3. The fraction of sp³-hybridized carbons (Fsp3) is 0.444. The molecule has 1 saturated carbocycles. The Bertz CT molecular complexity index is 763. The summed E-state index contributed by atoms with van der Waals surface area (Å²) in [5.41, 5.74) is 0.295. The topological polar surface area (TPSA) is 71.2 Å². The number of aromatic nitrogens is 1. The molecule has 1 aromatic carbocycles. The smallest absolute Gasteiger partial charge is 0.331 e. The molecular formula is C18H21ClN2O3. The van der Waals surface area contributed by atoms with Crippen molar-refractivity contribution in [1.29, 1.82) is 0 Å². The van der Waals surface area contributed by atoms with Crippen LogP contribution in [0.4, 0.5) is 0 Å². The lowest BCUT2D eigenvalue weighted by Gasteiger charge is -2.35. The first-order chi connectivity index (χ1) is 11.5. The van der Waals surface area contributed by atoms with Crippen LogP contribution in [0.5, 0.6) is 0 Å². The maximum absolute atomic E-state index is 12.7. The summed E-state index contributed by atoms with van der Waals surface area (Å²) in [5.74, 6) is -0.630. The van der Waals surface area contributed by atoms with E-state index in [9.17, 15) is 9.59 Å². The van der Waals surface area contributed by atoms with Gasteiger partial charge in [-0.25, -0.2) is 4.79 Å². The van der Waals surface area contributed by atoms with E-state index in [0.717, 1.165) is 30.2 Å². The first kappa shape index (κ1) is 16.8. The molecule has 3 rings (SSSR count). The number of halogens is 1. The minimum Gasteiger partial charge on any atom is -0.464 e. The van der Waals surface area contributed by atoms with E-state index in [0.29, 0.717) is 30.2 Å². The van der Waals surface area contributed by atoms with E-state index in [-0.39, 0.29) is 11.9 Å². The summed E-state index contributed by atoms with van der Waals surface area (Å²) < 4.78 is 5.21. The number of fused-ring (bicyclic) bond motifs is 1. The number of amides is 1. The van der Waals surface area contributed by atoms with Gasteiger partial charge in [-0.15, -0.1) is 0 Å². The van der Waals surface area contributed by atoms with Gasteiger partial charge in [0.2, 0.25) is 0 Å². The number of benzene rings is 1. The van der Waals surface area contributed by atoms with Gasteiger partial charge in [-0.05, 0) is 38.0 Å². The van der Waals surface area contributed by atoms with Crippen LogP contribution in [0.2, 0.25) is 5.02 Å². The van der Waals surface area contributed by atoms with Crippen molar-refractivity contribution in [2.24, 2.45) is 0 Å². The standard InChI is InChI=1S/C18H21ClN2O3/c1-2-24-17(23)18(8-4-3-5-9-18)21-16(22)15-10-12-6-7-13(19)11-14(12)20-15/h6-7,10-11,20H,2-5,8-9H2,1H3,(H,21,22). The number of nitrogens with one attached hydrogen (secondary N) is 2. The van der Waals surface area contributed by atoms with Crippen molar-refractivity contribution in [3.63, 3.8) is 0 Å². The van der Waals surface area contributed by atoms with E-state index in [4.69, 9.17) is 16.3 Å². The number of H-pyrrole nitrogens is 1. The zero-order chi connectivity index (χ0) is 17.2. The van der Waals surface area contributed by atoms with E-state index in [1.165, 1.54) is 0 Å². The largest absolute Gasteiger partial charge is 0.464 e. The molecule has 1 aliphatic carbocycles. The molecule has 0 atom stereocenters. The van der Waals surface area contributed by atoms with E-state index in [1.807, 2.05) is 6.07 Å². The van der Waals surface area contributed by atoms with Crippen LogP contribution >= 0.6 is 11.6 Å². The normalized spacial score (nSPS) is 16.8. The first-order valence-corrected chi connectivity index (χ1v) is 8.70. The molecule has 0 aliphatic heterocycles. The van der Waals surface area contributed by atoms with Gasteiger partial charge in [0.15, 0.2) is 0 Å². The summed E-state index contributed by atoms with van der Waals surface area (Å²) in [6.45, 7) is 2.08. The second kappa shape index (κ2) is 6.85. The van der Waals surface area contributed by atoms with Gasteiger partial charge in [0.25, 0.3) is 5.91 Å². The molecule has 1 aromatic heterocycles. The maximum Gasteiger partial charge on any atom is 0.331 e. The average Bonchev–Trinajstić information content (AvgIpc) is 2.99. The number of ether oxygens (including phenoxy) is 1. The lowest BCUT2D eigenvalue weighted by molar-refractivity contribution is -0.152. The Morgan fingerprint density at radius 2 is 2.00 bits per heavy atom. The van der Waals surface area contributed by atoms with Crippen LogP contribution in [0.15, 0.2) is 24.3 Å². The Labute approximate surface area is 145 Å². The molecular weight excluding hydrogens is 328 g/mol. The zero-order valence-corrected chi connectivity index (χ0v) is 14.4. The van der Waals surface area contributed by atoms with Gasteiger partial charge in [-0.3, -0.25) is 4.79 Å². The third-order valence-electron chi connectivity index (χ3n) is 4.56. The van der Waals surface area contributed by atoms with Gasteiger partial charge in [0, 0.05) is 15.9 Å². The molecule has 0 spiro atoms. The molecule has 0 radical (unpaired) electrons. The summed E-state index contributed by atoms with van der Waals surface area (Å²) in [4.78, 5) is 28.2. The van der Waals surface area contributed by atoms with Crippen LogP contribution in [-0.4, -0.2) is 29.0 Å². The molecule has 1 fully saturated rings. The van der Waals surface area contributed by atoms with Crippen molar-refractivity contribution in [2.45, 2.75) is 44.6 Å². The van der Waals surface area contributed by atoms with Crippen LogP contribution < -0.4 is 5.32 Å². The lowest BCUT2D eigenvalue weighted by Crippen LogP contribution is -2.56. The number of esters is 1. The third kappa shape index (κ3) is 3.26. The van der Waals surface area contributed by atoms with E-state index < -0.39 is 5.54 Å². The Hall–Kier alpha value is -2.01. The molecule has 0 bridgehead atoms. The number of rotatable bonds is 4. The molecule has 1 amide bonds.